The number of carbonyl (C=O) groups excluding carboxylic acids is 1. The van der Waals surface area contributed by atoms with E-state index in [-0.39, 0.29) is 11.8 Å². The first kappa shape index (κ1) is 24.3. The quantitative estimate of drug-likeness (QED) is 0.386. The van der Waals surface area contributed by atoms with E-state index in [1.165, 1.54) is 0 Å². The molecule has 1 fully saturated rings. The van der Waals surface area contributed by atoms with Crippen LogP contribution in [0.3, 0.4) is 0 Å². The Balaban J connectivity index is 1.53. The fraction of sp³-hybridized carbons (Fsp3) is 0.414. The van der Waals surface area contributed by atoms with Gasteiger partial charge in [0.15, 0.2) is 5.82 Å². The lowest BCUT2D eigenvalue weighted by atomic mass is 9.95. The second kappa shape index (κ2) is 10.3. The van der Waals surface area contributed by atoms with Gasteiger partial charge < -0.3 is 19.9 Å². The Morgan fingerprint density at radius 1 is 1.08 bits per heavy atom. The summed E-state index contributed by atoms with van der Waals surface area (Å²) < 4.78 is 8.08. The normalized spacial score (nSPS) is 14.8. The number of fused-ring (bicyclic) bond motifs is 3. The first-order valence-corrected chi connectivity index (χ1v) is 13.0. The van der Waals surface area contributed by atoms with Gasteiger partial charge in [0.25, 0.3) is 0 Å². The number of rotatable bonds is 7. The van der Waals surface area contributed by atoms with Crippen molar-refractivity contribution in [2.24, 2.45) is 11.8 Å². The van der Waals surface area contributed by atoms with Crippen molar-refractivity contribution in [3.8, 4) is 11.1 Å². The minimum atomic E-state index is 0.0413. The van der Waals surface area contributed by atoms with E-state index < -0.39 is 0 Å². The number of benzene rings is 2. The van der Waals surface area contributed by atoms with E-state index in [1.54, 1.807) is 0 Å². The summed E-state index contributed by atoms with van der Waals surface area (Å²) in [6, 6.07) is 16.7. The molecule has 2 aromatic carbocycles. The highest BCUT2D eigenvalue weighted by molar-refractivity contribution is 6.07. The van der Waals surface area contributed by atoms with Crippen molar-refractivity contribution >= 4 is 33.7 Å². The lowest BCUT2D eigenvalue weighted by Gasteiger charge is -2.33. The summed E-state index contributed by atoms with van der Waals surface area (Å²) in [6.07, 6.45) is 1.95. The van der Waals surface area contributed by atoms with E-state index in [9.17, 15) is 4.79 Å². The molecule has 1 aliphatic heterocycles. The van der Waals surface area contributed by atoms with Crippen LogP contribution in [0.4, 0.5) is 5.82 Å². The largest absolute Gasteiger partial charge is 0.382 e. The lowest BCUT2D eigenvalue weighted by Crippen LogP contribution is -2.41. The number of ether oxygens (including phenoxy) is 1. The molecule has 1 amide bonds. The van der Waals surface area contributed by atoms with Gasteiger partial charge in [-0.15, -0.1) is 0 Å². The SMILES string of the molecule is CCOCc1nc2c(N)nc3cc(-c4ccccc4)ccc3c2n1CC1CCN(C(=O)C(C)C)CC1. The van der Waals surface area contributed by atoms with Crippen LogP contribution in [-0.4, -0.2) is 45.0 Å². The fourth-order valence-corrected chi connectivity index (χ4v) is 5.23. The molecule has 1 saturated heterocycles. The number of nitrogens with two attached hydrogens (primary N) is 1. The number of carbonyl (C=O) groups is 1. The van der Waals surface area contributed by atoms with Gasteiger partial charge >= 0.3 is 0 Å². The Morgan fingerprint density at radius 2 is 1.83 bits per heavy atom. The topological polar surface area (TPSA) is 86.3 Å². The number of piperidine rings is 1. The summed E-state index contributed by atoms with van der Waals surface area (Å²) in [5.74, 6) is 2.06. The summed E-state index contributed by atoms with van der Waals surface area (Å²) in [4.78, 5) is 24.1. The molecule has 0 saturated carbocycles. The molecule has 7 heteroatoms. The molecular formula is C29H35N5O2. The number of anilines is 1. The van der Waals surface area contributed by atoms with Crippen molar-refractivity contribution in [3.63, 3.8) is 0 Å². The molecule has 5 rings (SSSR count). The van der Waals surface area contributed by atoms with Crippen LogP contribution < -0.4 is 5.73 Å². The van der Waals surface area contributed by atoms with Crippen LogP contribution in [0.25, 0.3) is 33.1 Å². The number of nitrogens with zero attached hydrogens (tertiary/aromatic N) is 4. The zero-order valence-corrected chi connectivity index (χ0v) is 21.4. The standard InChI is InChI=1S/C29H35N5O2/c1-4-36-18-25-32-26-27(34(25)17-20-12-14-33(15-13-20)29(35)19(2)3)23-11-10-22(16-24(23)31-28(26)30)21-8-6-5-7-9-21/h5-11,16,19-20H,4,12-15,17-18H2,1-3H3,(H2,30,31). The predicted molar refractivity (Wildman–Crippen MR) is 144 cm³/mol. The number of hydrogen-bond donors (Lipinski definition) is 1. The van der Waals surface area contributed by atoms with Crippen molar-refractivity contribution in [3.05, 3.63) is 54.4 Å². The number of nitrogen functional groups attached to an aromatic ring is 1. The number of imidazole rings is 1. The van der Waals surface area contributed by atoms with Crippen molar-refractivity contribution in [2.75, 3.05) is 25.4 Å². The van der Waals surface area contributed by atoms with E-state index in [1.807, 2.05) is 43.9 Å². The van der Waals surface area contributed by atoms with Gasteiger partial charge in [-0.05, 0) is 42.9 Å². The maximum atomic E-state index is 12.5. The molecule has 2 N–H and O–H groups in total. The summed E-state index contributed by atoms with van der Waals surface area (Å²) >= 11 is 0. The number of amides is 1. The first-order chi connectivity index (χ1) is 17.5. The first-order valence-electron chi connectivity index (χ1n) is 13.0. The molecule has 4 aromatic rings. The molecule has 0 aliphatic carbocycles. The third-order valence-electron chi connectivity index (χ3n) is 7.19. The number of hydrogen-bond acceptors (Lipinski definition) is 5. The van der Waals surface area contributed by atoms with E-state index >= 15 is 0 Å². The third kappa shape index (κ3) is 4.67. The smallest absolute Gasteiger partial charge is 0.225 e. The van der Waals surface area contributed by atoms with Crippen molar-refractivity contribution in [2.45, 2.75) is 46.8 Å². The van der Waals surface area contributed by atoms with Crippen LogP contribution in [0.5, 0.6) is 0 Å². The molecule has 1 aliphatic rings. The maximum Gasteiger partial charge on any atom is 0.225 e. The van der Waals surface area contributed by atoms with Crippen molar-refractivity contribution in [1.29, 1.82) is 0 Å². The van der Waals surface area contributed by atoms with Gasteiger partial charge in [-0.2, -0.15) is 0 Å². The van der Waals surface area contributed by atoms with Crippen LogP contribution in [0.15, 0.2) is 48.5 Å². The van der Waals surface area contributed by atoms with Crippen molar-refractivity contribution < 1.29 is 9.53 Å². The van der Waals surface area contributed by atoms with Gasteiger partial charge in [-0.1, -0.05) is 56.3 Å². The minimum Gasteiger partial charge on any atom is -0.382 e. The van der Waals surface area contributed by atoms with E-state index in [0.717, 1.165) is 71.4 Å². The van der Waals surface area contributed by atoms with Crippen LogP contribution >= 0.6 is 0 Å². The highest BCUT2D eigenvalue weighted by Crippen LogP contribution is 2.33. The Hall–Kier alpha value is -3.45. The molecular weight excluding hydrogens is 450 g/mol. The van der Waals surface area contributed by atoms with Gasteiger partial charge in [0, 0.05) is 37.5 Å². The van der Waals surface area contributed by atoms with Gasteiger partial charge in [-0.3, -0.25) is 4.79 Å². The molecule has 3 heterocycles. The molecule has 2 aromatic heterocycles. The van der Waals surface area contributed by atoms with Crippen LogP contribution in [0.2, 0.25) is 0 Å². The predicted octanol–water partition coefficient (Wildman–Crippen LogP) is 5.26. The highest BCUT2D eigenvalue weighted by Gasteiger charge is 2.26. The van der Waals surface area contributed by atoms with E-state index in [4.69, 9.17) is 20.4 Å². The molecule has 188 valence electrons. The number of likely N-dealkylation sites (tertiary alicyclic amines) is 1. The summed E-state index contributed by atoms with van der Waals surface area (Å²) in [7, 11) is 0. The summed E-state index contributed by atoms with van der Waals surface area (Å²) in [6.45, 7) is 9.41. The average Bonchev–Trinajstić information content (AvgIpc) is 3.26. The second-order valence-corrected chi connectivity index (χ2v) is 9.99. The molecule has 36 heavy (non-hydrogen) atoms. The number of aromatic nitrogens is 3. The zero-order chi connectivity index (χ0) is 25.2. The lowest BCUT2D eigenvalue weighted by molar-refractivity contribution is -0.135. The molecule has 7 nitrogen and oxygen atoms in total. The molecule has 0 unspecified atom stereocenters. The summed E-state index contributed by atoms with van der Waals surface area (Å²) in [5.41, 5.74) is 11.3. The monoisotopic (exact) mass is 485 g/mol. The Morgan fingerprint density at radius 3 is 2.53 bits per heavy atom. The molecule has 0 spiro atoms. The van der Waals surface area contributed by atoms with Crippen LogP contribution in [0, 0.1) is 11.8 Å². The van der Waals surface area contributed by atoms with Gasteiger partial charge in [0.2, 0.25) is 5.91 Å². The molecule has 0 atom stereocenters. The average molecular weight is 486 g/mol. The van der Waals surface area contributed by atoms with Crippen LogP contribution in [0.1, 0.15) is 39.4 Å². The Bertz CT molecular complexity index is 1370. The van der Waals surface area contributed by atoms with E-state index in [2.05, 4.69) is 34.9 Å². The molecule has 0 bridgehead atoms. The fourth-order valence-electron chi connectivity index (χ4n) is 5.23. The molecule has 0 radical (unpaired) electrons. The second-order valence-electron chi connectivity index (χ2n) is 9.99. The highest BCUT2D eigenvalue weighted by atomic mass is 16.5. The van der Waals surface area contributed by atoms with Gasteiger partial charge in [0.1, 0.15) is 17.9 Å². The van der Waals surface area contributed by atoms with Gasteiger partial charge in [-0.25, -0.2) is 9.97 Å². The number of pyridine rings is 1. The third-order valence-corrected chi connectivity index (χ3v) is 7.19. The van der Waals surface area contributed by atoms with Gasteiger partial charge in [0.05, 0.1) is 11.0 Å². The summed E-state index contributed by atoms with van der Waals surface area (Å²) in [5, 5.41) is 1.04. The van der Waals surface area contributed by atoms with E-state index in [0.29, 0.717) is 24.9 Å². The maximum absolute atomic E-state index is 12.5. The Labute approximate surface area is 212 Å². The Kier molecular flexibility index (Phi) is 6.92. The zero-order valence-electron chi connectivity index (χ0n) is 21.4. The van der Waals surface area contributed by atoms with Crippen molar-refractivity contribution in [1.82, 2.24) is 19.4 Å². The minimum absolute atomic E-state index is 0.0413. The van der Waals surface area contributed by atoms with Crippen LogP contribution in [-0.2, 0) is 22.7 Å².